The summed E-state index contributed by atoms with van der Waals surface area (Å²) in [5.74, 6) is 0. The topological polar surface area (TPSA) is 12.0 Å². The summed E-state index contributed by atoms with van der Waals surface area (Å²) in [6.07, 6.45) is 0.948. The summed E-state index contributed by atoms with van der Waals surface area (Å²) in [5, 5.41) is 5.06. The second-order valence-electron chi connectivity index (χ2n) is 4.79. The van der Waals surface area contributed by atoms with E-state index < -0.39 is 0 Å². The molecule has 0 spiro atoms. The molecule has 1 atom stereocenters. The van der Waals surface area contributed by atoms with Crippen molar-refractivity contribution in [2.75, 3.05) is 5.32 Å². The van der Waals surface area contributed by atoms with E-state index in [1.807, 2.05) is 31.2 Å². The zero-order valence-corrected chi connectivity index (χ0v) is 12.6. The van der Waals surface area contributed by atoms with Crippen LogP contribution < -0.4 is 5.32 Å². The highest BCUT2D eigenvalue weighted by Gasteiger charge is 2.07. The van der Waals surface area contributed by atoms with Crippen LogP contribution >= 0.6 is 23.2 Å². The minimum Gasteiger partial charge on any atom is -0.382 e. The van der Waals surface area contributed by atoms with Gasteiger partial charge in [0.25, 0.3) is 0 Å². The van der Waals surface area contributed by atoms with Gasteiger partial charge in [-0.05, 0) is 55.7 Å². The van der Waals surface area contributed by atoms with Crippen LogP contribution in [0.1, 0.15) is 18.1 Å². The van der Waals surface area contributed by atoms with E-state index in [9.17, 15) is 0 Å². The van der Waals surface area contributed by atoms with Gasteiger partial charge in [-0.2, -0.15) is 0 Å². The molecule has 3 heteroatoms. The summed E-state index contributed by atoms with van der Waals surface area (Å²) in [6.45, 7) is 4.19. The average molecular weight is 294 g/mol. The molecule has 19 heavy (non-hydrogen) atoms. The third-order valence-electron chi connectivity index (χ3n) is 3.12. The minimum atomic E-state index is 0.332. The van der Waals surface area contributed by atoms with Crippen molar-refractivity contribution in [3.8, 4) is 0 Å². The van der Waals surface area contributed by atoms with Gasteiger partial charge in [-0.3, -0.25) is 0 Å². The molecule has 0 saturated heterocycles. The predicted molar refractivity (Wildman–Crippen MR) is 84.4 cm³/mol. The summed E-state index contributed by atoms with van der Waals surface area (Å²) in [5.41, 5.74) is 3.45. The minimum absolute atomic E-state index is 0.332. The molecule has 2 aromatic rings. The maximum atomic E-state index is 6.12. The summed E-state index contributed by atoms with van der Waals surface area (Å²) >= 11 is 12.0. The van der Waals surface area contributed by atoms with Crippen LogP contribution in [0, 0.1) is 6.92 Å². The number of rotatable bonds is 4. The lowest BCUT2D eigenvalue weighted by Crippen LogP contribution is -2.18. The van der Waals surface area contributed by atoms with Crippen LogP contribution in [0.5, 0.6) is 0 Å². The van der Waals surface area contributed by atoms with Crippen LogP contribution in [-0.2, 0) is 6.42 Å². The van der Waals surface area contributed by atoms with Crippen LogP contribution in [0.15, 0.2) is 42.5 Å². The summed E-state index contributed by atoms with van der Waals surface area (Å²) in [4.78, 5) is 0. The zero-order valence-electron chi connectivity index (χ0n) is 11.1. The van der Waals surface area contributed by atoms with Crippen molar-refractivity contribution in [1.82, 2.24) is 0 Å². The largest absolute Gasteiger partial charge is 0.382 e. The first-order valence-corrected chi connectivity index (χ1v) is 7.08. The van der Waals surface area contributed by atoms with Crippen molar-refractivity contribution in [2.24, 2.45) is 0 Å². The van der Waals surface area contributed by atoms with Gasteiger partial charge in [-0.25, -0.2) is 0 Å². The Kier molecular flexibility index (Phi) is 4.73. The Morgan fingerprint density at radius 1 is 1.05 bits per heavy atom. The van der Waals surface area contributed by atoms with E-state index in [1.54, 1.807) is 0 Å². The lowest BCUT2D eigenvalue weighted by Gasteiger charge is -2.17. The molecule has 0 heterocycles. The summed E-state index contributed by atoms with van der Waals surface area (Å²) in [6, 6.07) is 14.2. The Bertz CT molecular complexity index is 549. The Balaban J connectivity index is 2.03. The van der Waals surface area contributed by atoms with Crippen LogP contribution in [0.2, 0.25) is 10.0 Å². The number of nitrogens with one attached hydrogen (secondary N) is 1. The van der Waals surface area contributed by atoms with Gasteiger partial charge >= 0.3 is 0 Å². The van der Waals surface area contributed by atoms with Crippen molar-refractivity contribution in [3.63, 3.8) is 0 Å². The van der Waals surface area contributed by atoms with Crippen molar-refractivity contribution in [2.45, 2.75) is 26.3 Å². The van der Waals surface area contributed by atoms with E-state index in [0.717, 1.165) is 27.7 Å². The van der Waals surface area contributed by atoms with E-state index in [-0.39, 0.29) is 0 Å². The van der Waals surface area contributed by atoms with Gasteiger partial charge in [0.15, 0.2) is 0 Å². The molecule has 2 rings (SSSR count). The normalized spacial score (nSPS) is 12.2. The third kappa shape index (κ3) is 3.89. The standard InChI is InChI=1S/C16H17Cl2N/c1-11(10-13-6-8-14(17)9-7-13)19-16-5-3-4-15(18)12(16)2/h3-9,11,19H,10H2,1-2H3. The number of anilines is 1. The molecule has 0 aliphatic carbocycles. The molecular weight excluding hydrogens is 277 g/mol. The van der Waals surface area contributed by atoms with Crippen molar-refractivity contribution in [3.05, 3.63) is 63.6 Å². The first-order valence-electron chi connectivity index (χ1n) is 6.32. The molecule has 0 amide bonds. The molecule has 1 N–H and O–H groups in total. The zero-order chi connectivity index (χ0) is 13.8. The van der Waals surface area contributed by atoms with Crippen molar-refractivity contribution >= 4 is 28.9 Å². The van der Waals surface area contributed by atoms with Gasteiger partial charge in [0.1, 0.15) is 0 Å². The number of hydrogen-bond acceptors (Lipinski definition) is 1. The third-order valence-corrected chi connectivity index (χ3v) is 3.79. The molecule has 0 aromatic heterocycles. The molecule has 0 bridgehead atoms. The number of benzene rings is 2. The van der Waals surface area contributed by atoms with E-state index in [4.69, 9.17) is 23.2 Å². The molecule has 1 unspecified atom stereocenters. The first-order chi connectivity index (χ1) is 9.06. The second kappa shape index (κ2) is 6.31. The molecule has 1 nitrogen and oxygen atoms in total. The van der Waals surface area contributed by atoms with E-state index in [1.165, 1.54) is 5.56 Å². The SMILES string of the molecule is Cc1c(Cl)cccc1NC(C)Cc1ccc(Cl)cc1. The molecular formula is C16H17Cl2N. The van der Waals surface area contributed by atoms with Gasteiger partial charge in [-0.15, -0.1) is 0 Å². The van der Waals surface area contributed by atoms with Crippen LogP contribution in [-0.4, -0.2) is 6.04 Å². The fourth-order valence-corrected chi connectivity index (χ4v) is 2.35. The Morgan fingerprint density at radius 2 is 1.74 bits per heavy atom. The Morgan fingerprint density at radius 3 is 2.42 bits per heavy atom. The van der Waals surface area contributed by atoms with E-state index in [2.05, 4.69) is 30.4 Å². The van der Waals surface area contributed by atoms with Crippen LogP contribution in [0.3, 0.4) is 0 Å². The molecule has 0 aliphatic heterocycles. The maximum absolute atomic E-state index is 6.12. The van der Waals surface area contributed by atoms with E-state index in [0.29, 0.717) is 6.04 Å². The summed E-state index contributed by atoms with van der Waals surface area (Å²) in [7, 11) is 0. The molecule has 0 saturated carbocycles. The number of halogens is 2. The highest BCUT2D eigenvalue weighted by molar-refractivity contribution is 6.31. The van der Waals surface area contributed by atoms with Crippen molar-refractivity contribution < 1.29 is 0 Å². The first kappa shape index (κ1) is 14.2. The molecule has 0 aliphatic rings. The monoisotopic (exact) mass is 293 g/mol. The van der Waals surface area contributed by atoms with Gasteiger partial charge in [0.05, 0.1) is 0 Å². The van der Waals surface area contributed by atoms with E-state index >= 15 is 0 Å². The average Bonchev–Trinajstić information content (AvgIpc) is 2.38. The van der Waals surface area contributed by atoms with Gasteiger partial charge < -0.3 is 5.32 Å². The van der Waals surface area contributed by atoms with Gasteiger partial charge in [0, 0.05) is 21.8 Å². The predicted octanol–water partition coefficient (Wildman–Crippen LogP) is 5.34. The molecule has 2 aromatic carbocycles. The van der Waals surface area contributed by atoms with Gasteiger partial charge in [0.2, 0.25) is 0 Å². The fourth-order valence-electron chi connectivity index (χ4n) is 2.05. The summed E-state index contributed by atoms with van der Waals surface area (Å²) < 4.78 is 0. The fraction of sp³-hybridized carbons (Fsp3) is 0.250. The lowest BCUT2D eigenvalue weighted by atomic mass is 10.1. The highest BCUT2D eigenvalue weighted by Crippen LogP contribution is 2.24. The van der Waals surface area contributed by atoms with Crippen LogP contribution in [0.25, 0.3) is 0 Å². The quantitative estimate of drug-likeness (QED) is 0.802. The Hall–Kier alpha value is -1.18. The Labute approximate surface area is 124 Å². The second-order valence-corrected chi connectivity index (χ2v) is 5.63. The lowest BCUT2D eigenvalue weighted by molar-refractivity contribution is 0.789. The van der Waals surface area contributed by atoms with Crippen molar-refractivity contribution in [1.29, 1.82) is 0 Å². The molecule has 0 radical (unpaired) electrons. The molecule has 0 fully saturated rings. The maximum Gasteiger partial charge on any atom is 0.0455 e. The molecule has 100 valence electrons. The number of hydrogen-bond donors (Lipinski definition) is 1. The van der Waals surface area contributed by atoms with Gasteiger partial charge in [-0.1, -0.05) is 41.4 Å². The highest BCUT2D eigenvalue weighted by atomic mass is 35.5. The van der Waals surface area contributed by atoms with Crippen LogP contribution in [0.4, 0.5) is 5.69 Å². The smallest absolute Gasteiger partial charge is 0.0455 e.